The summed E-state index contributed by atoms with van der Waals surface area (Å²) in [5.74, 6) is -1.71. The number of aromatic amines is 1. The lowest BCUT2D eigenvalue weighted by atomic mass is 10.3. The topological polar surface area (TPSA) is 147 Å². The van der Waals surface area contributed by atoms with Crippen LogP contribution >= 0.6 is 0 Å². The van der Waals surface area contributed by atoms with E-state index in [0.29, 0.717) is 19.8 Å². The minimum atomic E-state index is -3.75. The van der Waals surface area contributed by atoms with Crippen LogP contribution in [-0.2, 0) is 24.3 Å². The third-order valence-corrected chi connectivity index (χ3v) is 5.76. The van der Waals surface area contributed by atoms with Crippen LogP contribution in [0.15, 0.2) is 17.2 Å². The number of carbonyl (C=O) groups excluding carboxylic acids is 3. The molecule has 0 aromatic carbocycles. The molecule has 11 nitrogen and oxygen atoms in total. The molecule has 2 rings (SSSR count). The first-order valence-corrected chi connectivity index (χ1v) is 10.3. The van der Waals surface area contributed by atoms with Gasteiger partial charge in [0.25, 0.3) is 5.91 Å². The number of unbranched alkanes of at least 4 members (excludes halogenated alkanes) is 1. The average Bonchev–Trinajstić information content (AvgIpc) is 3.18. The Morgan fingerprint density at radius 1 is 1.29 bits per heavy atom. The number of nitrogens with zero attached hydrogens (tertiary/aromatic N) is 1. The highest BCUT2D eigenvalue weighted by Gasteiger charge is 2.28. The Labute approximate surface area is 162 Å². The van der Waals surface area contributed by atoms with Gasteiger partial charge in [0.1, 0.15) is 10.6 Å². The minimum absolute atomic E-state index is 0.0823. The molecule has 0 radical (unpaired) electrons. The van der Waals surface area contributed by atoms with E-state index in [1.807, 2.05) is 12.2 Å². The van der Waals surface area contributed by atoms with Crippen molar-refractivity contribution >= 4 is 27.9 Å². The summed E-state index contributed by atoms with van der Waals surface area (Å²) in [6, 6.07) is 0.468. The summed E-state index contributed by atoms with van der Waals surface area (Å²) in [6.45, 7) is 2.78. The molecular formula is C16H24N4O7S. The van der Waals surface area contributed by atoms with Crippen LogP contribution in [0, 0.1) is 0 Å². The van der Waals surface area contributed by atoms with Gasteiger partial charge in [-0.05, 0) is 12.5 Å². The van der Waals surface area contributed by atoms with Gasteiger partial charge >= 0.3 is 12.0 Å². The zero-order valence-electron chi connectivity index (χ0n) is 15.5. The molecule has 0 unspecified atom stereocenters. The van der Waals surface area contributed by atoms with E-state index in [1.54, 1.807) is 0 Å². The smallest absolute Gasteiger partial charge is 0.355 e. The molecule has 2 heterocycles. The molecule has 0 atom stereocenters. The minimum Gasteiger partial charge on any atom is -0.451 e. The van der Waals surface area contributed by atoms with Crippen molar-refractivity contribution in [3.8, 4) is 0 Å². The normalized spacial score (nSPS) is 15.0. The van der Waals surface area contributed by atoms with Crippen LogP contribution in [0.25, 0.3) is 0 Å². The molecule has 1 aliphatic heterocycles. The Balaban J connectivity index is 1.85. The molecule has 28 heavy (non-hydrogen) atoms. The fourth-order valence-electron chi connectivity index (χ4n) is 2.37. The number of urea groups is 1. The van der Waals surface area contributed by atoms with Crippen molar-refractivity contribution in [2.75, 3.05) is 39.5 Å². The van der Waals surface area contributed by atoms with Gasteiger partial charge in [-0.25, -0.2) is 18.0 Å². The fraction of sp³-hybridized carbons (Fsp3) is 0.562. The third-order valence-electron chi connectivity index (χ3n) is 3.89. The van der Waals surface area contributed by atoms with Crippen molar-refractivity contribution in [2.45, 2.75) is 24.7 Å². The summed E-state index contributed by atoms with van der Waals surface area (Å²) < 4.78 is 36.2. The number of nitrogens with one attached hydrogen (secondary N) is 3. The number of hydrogen-bond donors (Lipinski definition) is 3. The van der Waals surface area contributed by atoms with Crippen molar-refractivity contribution in [1.82, 2.24) is 19.9 Å². The second-order valence-electron chi connectivity index (χ2n) is 6.00. The highest BCUT2D eigenvalue weighted by molar-refractivity contribution is 7.89. The van der Waals surface area contributed by atoms with E-state index in [9.17, 15) is 22.8 Å². The number of sulfonamides is 1. The molecular weight excluding hydrogens is 392 g/mol. The Morgan fingerprint density at radius 3 is 2.68 bits per heavy atom. The molecule has 0 bridgehead atoms. The standard InChI is InChI=1S/C16H24N4O7S/c1-2-3-4-17-16(23)19-14(21)11-27-15(22)13-9-12(10-18-13)28(24,25)20-5-7-26-8-6-20/h9-10,18H,2-8,11H2,1H3,(H2,17,19,21,23). The van der Waals surface area contributed by atoms with E-state index in [4.69, 9.17) is 9.47 Å². The number of H-pyrrole nitrogens is 1. The highest BCUT2D eigenvalue weighted by atomic mass is 32.2. The largest absolute Gasteiger partial charge is 0.451 e. The van der Waals surface area contributed by atoms with E-state index in [0.717, 1.165) is 18.9 Å². The van der Waals surface area contributed by atoms with Crippen LogP contribution in [0.3, 0.4) is 0 Å². The number of morpholine rings is 1. The molecule has 1 aromatic rings. The molecule has 1 aromatic heterocycles. The van der Waals surface area contributed by atoms with Gasteiger partial charge in [0, 0.05) is 25.8 Å². The number of aromatic nitrogens is 1. The highest BCUT2D eigenvalue weighted by Crippen LogP contribution is 2.18. The Kier molecular flexibility index (Phi) is 7.96. The lowest BCUT2D eigenvalue weighted by Gasteiger charge is -2.25. The number of esters is 1. The summed E-state index contributed by atoms with van der Waals surface area (Å²) in [6.07, 6.45) is 2.85. The number of rotatable bonds is 8. The molecule has 12 heteroatoms. The van der Waals surface area contributed by atoms with Crippen LogP contribution in [-0.4, -0.2) is 75.1 Å². The number of amides is 3. The molecule has 0 saturated carbocycles. The lowest BCUT2D eigenvalue weighted by molar-refractivity contribution is -0.123. The van der Waals surface area contributed by atoms with E-state index < -0.39 is 34.5 Å². The second-order valence-corrected chi connectivity index (χ2v) is 7.94. The molecule has 1 saturated heterocycles. The summed E-state index contributed by atoms with van der Waals surface area (Å²) in [7, 11) is -3.75. The zero-order valence-corrected chi connectivity index (χ0v) is 16.3. The van der Waals surface area contributed by atoms with Gasteiger partial charge in [-0.1, -0.05) is 13.3 Å². The van der Waals surface area contributed by atoms with Crippen LogP contribution in [0.1, 0.15) is 30.3 Å². The first-order chi connectivity index (χ1) is 13.3. The number of ether oxygens (including phenoxy) is 2. The Bertz CT molecular complexity index is 800. The van der Waals surface area contributed by atoms with Crippen LogP contribution < -0.4 is 10.6 Å². The summed E-state index contributed by atoms with van der Waals surface area (Å²) in [5, 5.41) is 4.51. The average molecular weight is 416 g/mol. The fourth-order valence-corrected chi connectivity index (χ4v) is 3.77. The quantitative estimate of drug-likeness (QED) is 0.393. The molecule has 0 spiro atoms. The molecule has 1 aliphatic rings. The van der Waals surface area contributed by atoms with Gasteiger partial charge in [0.2, 0.25) is 10.0 Å². The van der Waals surface area contributed by atoms with E-state index in [-0.39, 0.29) is 23.7 Å². The van der Waals surface area contributed by atoms with Crippen LogP contribution in [0.5, 0.6) is 0 Å². The van der Waals surface area contributed by atoms with E-state index in [2.05, 4.69) is 10.3 Å². The summed E-state index contributed by atoms with van der Waals surface area (Å²) in [4.78, 5) is 37.5. The predicted octanol–water partition coefficient (Wildman–Crippen LogP) is -0.182. The number of carbonyl (C=O) groups is 3. The van der Waals surface area contributed by atoms with Gasteiger partial charge in [-0.2, -0.15) is 4.31 Å². The first kappa shape index (κ1) is 21.9. The van der Waals surface area contributed by atoms with Crippen LogP contribution in [0.2, 0.25) is 0 Å². The van der Waals surface area contributed by atoms with Crippen molar-refractivity contribution in [3.63, 3.8) is 0 Å². The van der Waals surface area contributed by atoms with E-state index >= 15 is 0 Å². The first-order valence-electron chi connectivity index (χ1n) is 8.85. The van der Waals surface area contributed by atoms with Crippen LogP contribution in [0.4, 0.5) is 4.79 Å². The molecule has 3 amide bonds. The predicted molar refractivity (Wildman–Crippen MR) is 97.1 cm³/mol. The monoisotopic (exact) mass is 416 g/mol. The molecule has 1 fully saturated rings. The van der Waals surface area contributed by atoms with Crippen molar-refractivity contribution in [1.29, 1.82) is 0 Å². The maximum atomic E-state index is 12.5. The molecule has 3 N–H and O–H groups in total. The van der Waals surface area contributed by atoms with Gasteiger partial charge in [0.15, 0.2) is 6.61 Å². The third kappa shape index (κ3) is 6.04. The Morgan fingerprint density at radius 2 is 2.00 bits per heavy atom. The number of imide groups is 1. The zero-order chi connectivity index (χ0) is 20.6. The lowest BCUT2D eigenvalue weighted by Crippen LogP contribution is -2.41. The number of hydrogen-bond acceptors (Lipinski definition) is 7. The maximum Gasteiger partial charge on any atom is 0.355 e. The SMILES string of the molecule is CCCCNC(=O)NC(=O)COC(=O)c1cc(S(=O)(=O)N2CCOCC2)c[nH]1. The van der Waals surface area contributed by atoms with Crippen molar-refractivity contribution in [3.05, 3.63) is 18.0 Å². The van der Waals surface area contributed by atoms with E-state index in [1.165, 1.54) is 10.5 Å². The van der Waals surface area contributed by atoms with Gasteiger partial charge in [-0.3, -0.25) is 10.1 Å². The molecule has 0 aliphatic carbocycles. The van der Waals surface area contributed by atoms with Gasteiger partial charge in [0.05, 0.1) is 13.2 Å². The Hall–Kier alpha value is -2.44. The molecule has 156 valence electrons. The van der Waals surface area contributed by atoms with Crippen molar-refractivity contribution < 1.29 is 32.3 Å². The maximum absolute atomic E-state index is 12.5. The van der Waals surface area contributed by atoms with Gasteiger partial charge in [-0.15, -0.1) is 0 Å². The summed E-state index contributed by atoms with van der Waals surface area (Å²) >= 11 is 0. The van der Waals surface area contributed by atoms with Gasteiger partial charge < -0.3 is 19.8 Å². The summed E-state index contributed by atoms with van der Waals surface area (Å²) in [5.41, 5.74) is -0.118. The second kappa shape index (κ2) is 10.2. The van der Waals surface area contributed by atoms with Crippen molar-refractivity contribution in [2.24, 2.45) is 0 Å².